The van der Waals surface area contributed by atoms with E-state index in [-0.39, 0.29) is 17.6 Å². The molecule has 1 aliphatic heterocycles. The maximum absolute atomic E-state index is 12.3. The van der Waals surface area contributed by atoms with Gasteiger partial charge in [0.05, 0.1) is 24.0 Å². The second-order valence-corrected chi connectivity index (χ2v) is 11.3. The first-order valence-electron chi connectivity index (χ1n) is 11.3. The lowest BCUT2D eigenvalue weighted by Crippen LogP contribution is -2.33. The van der Waals surface area contributed by atoms with Crippen LogP contribution in [0.5, 0.6) is 0 Å². The number of carboxylic acid groups (broad SMARTS) is 1. The molecule has 1 aliphatic rings. The zero-order valence-electron chi connectivity index (χ0n) is 19.1. The lowest BCUT2D eigenvalue weighted by atomic mass is 10.1. The second kappa shape index (κ2) is 13.8. The number of carboxylic acids is 1. The zero-order valence-corrected chi connectivity index (χ0v) is 21.6. The minimum absolute atomic E-state index is 0.000430. The molecule has 0 aromatic carbocycles. The number of rotatable bonds is 14. The Hall–Kier alpha value is -1.95. The summed E-state index contributed by atoms with van der Waals surface area (Å²) >= 11 is 4.47. The van der Waals surface area contributed by atoms with Crippen molar-refractivity contribution in [3.8, 4) is 0 Å². The lowest BCUT2D eigenvalue weighted by Gasteiger charge is -2.22. The van der Waals surface area contributed by atoms with Gasteiger partial charge in [0.1, 0.15) is 5.03 Å². The molecule has 0 spiro atoms. The van der Waals surface area contributed by atoms with Crippen LogP contribution in [0.3, 0.4) is 0 Å². The van der Waals surface area contributed by atoms with Crippen LogP contribution < -0.4 is 0 Å². The van der Waals surface area contributed by atoms with E-state index in [4.69, 9.17) is 5.11 Å². The van der Waals surface area contributed by atoms with Crippen molar-refractivity contribution in [2.45, 2.75) is 67.0 Å². The monoisotopic (exact) mass is 522 g/mol. The molecule has 184 valence electrons. The number of hydrogen-bond donors (Lipinski definition) is 2. The van der Waals surface area contributed by atoms with Crippen LogP contribution in [0.2, 0.25) is 0 Å². The first-order chi connectivity index (χ1) is 16.4. The van der Waals surface area contributed by atoms with Crippen molar-refractivity contribution in [1.29, 1.82) is 0 Å². The Balaban J connectivity index is 1.32. The topological polar surface area (TPSA) is 117 Å². The fourth-order valence-electron chi connectivity index (χ4n) is 3.57. The number of nitrogens with zero attached hydrogens (tertiary/aromatic N) is 4. The van der Waals surface area contributed by atoms with Crippen molar-refractivity contribution < 1.29 is 19.8 Å². The van der Waals surface area contributed by atoms with E-state index >= 15 is 0 Å². The Kier molecular flexibility index (Phi) is 10.8. The Bertz CT molecular complexity index is 985. The van der Waals surface area contributed by atoms with E-state index in [1.807, 2.05) is 24.0 Å². The van der Waals surface area contributed by atoms with Crippen LogP contribution in [-0.4, -0.2) is 72.1 Å². The number of carbonyl (C=O) groups is 2. The number of aromatic carboxylic acids is 1. The highest BCUT2D eigenvalue weighted by molar-refractivity contribution is 8.01. The summed E-state index contributed by atoms with van der Waals surface area (Å²) in [5.74, 6) is 0.723. The molecule has 0 aliphatic carbocycles. The highest BCUT2D eigenvalue weighted by Crippen LogP contribution is 2.25. The number of aromatic nitrogens is 3. The van der Waals surface area contributed by atoms with E-state index in [0.29, 0.717) is 29.5 Å². The van der Waals surface area contributed by atoms with Crippen molar-refractivity contribution in [1.82, 2.24) is 19.9 Å². The van der Waals surface area contributed by atoms with Crippen LogP contribution in [0, 0.1) is 6.92 Å². The average Bonchev–Trinajstić information content (AvgIpc) is 3.42. The molecule has 8 nitrogen and oxygen atoms in total. The third-order valence-electron chi connectivity index (χ3n) is 5.32. The molecular weight excluding hydrogens is 492 g/mol. The number of hydrogen-bond acceptors (Lipinski definition) is 9. The standard InChI is InChI=1S/C23H30N4O4S3/c1-16-13-24-14-20(25-16)32-11-4-2-3-5-18(28)8-6-17-7-9-21(29)27(17)10-12-33-23-26-19(15-34-23)22(30)31/h6,8,13-15,17-18,28H,2-5,7,9-12H2,1H3,(H,30,31)/b8-6+/t17-,18-/m0/s1. The summed E-state index contributed by atoms with van der Waals surface area (Å²) in [6, 6.07) is 0.000430. The van der Waals surface area contributed by atoms with Crippen molar-refractivity contribution in [2.75, 3.05) is 18.1 Å². The first kappa shape index (κ1) is 26.7. The second-order valence-electron chi connectivity index (χ2n) is 7.99. The van der Waals surface area contributed by atoms with Gasteiger partial charge in [0.25, 0.3) is 0 Å². The van der Waals surface area contributed by atoms with Gasteiger partial charge in [-0.3, -0.25) is 9.78 Å². The third-order valence-corrected chi connectivity index (χ3v) is 8.30. The van der Waals surface area contributed by atoms with Crippen LogP contribution in [0.1, 0.15) is 54.7 Å². The van der Waals surface area contributed by atoms with Gasteiger partial charge in [0.2, 0.25) is 5.91 Å². The number of amides is 1. The highest BCUT2D eigenvalue weighted by atomic mass is 32.2. The SMILES string of the molecule is Cc1cncc(SCCCCC[C@H](O)/C=C/[C@H]2CCC(=O)N2CCSc2nc(C(=O)O)cs2)n1. The molecule has 0 radical (unpaired) electrons. The first-order valence-corrected chi connectivity index (χ1v) is 14.2. The Morgan fingerprint density at radius 1 is 1.26 bits per heavy atom. The molecule has 1 amide bonds. The molecule has 2 N–H and O–H groups in total. The van der Waals surface area contributed by atoms with Crippen molar-refractivity contribution >= 4 is 46.7 Å². The van der Waals surface area contributed by atoms with Crippen molar-refractivity contribution in [2.24, 2.45) is 0 Å². The van der Waals surface area contributed by atoms with E-state index in [2.05, 4.69) is 15.0 Å². The predicted octanol–water partition coefficient (Wildman–Crippen LogP) is 4.29. The molecular formula is C23H30N4O4S3. The van der Waals surface area contributed by atoms with Crippen LogP contribution >= 0.6 is 34.9 Å². The molecule has 3 rings (SSSR count). The molecule has 2 aromatic heterocycles. The number of aliphatic hydroxyl groups excluding tert-OH is 1. The predicted molar refractivity (Wildman–Crippen MR) is 136 cm³/mol. The molecule has 11 heteroatoms. The molecule has 0 unspecified atom stereocenters. The molecule has 0 bridgehead atoms. The number of likely N-dealkylation sites (tertiary alicyclic amines) is 1. The molecule has 1 fully saturated rings. The molecule has 0 saturated carbocycles. The molecule has 2 atom stereocenters. The third kappa shape index (κ3) is 8.68. The summed E-state index contributed by atoms with van der Waals surface area (Å²) in [5.41, 5.74) is 0.980. The summed E-state index contributed by atoms with van der Waals surface area (Å²) in [6.45, 7) is 2.51. The number of unbranched alkanes of at least 4 members (excludes halogenated alkanes) is 2. The number of thioether (sulfide) groups is 2. The van der Waals surface area contributed by atoms with Gasteiger partial charge in [-0.1, -0.05) is 36.8 Å². The van der Waals surface area contributed by atoms with Crippen LogP contribution in [0.15, 0.2) is 39.3 Å². The van der Waals surface area contributed by atoms with E-state index in [9.17, 15) is 14.7 Å². The summed E-state index contributed by atoms with van der Waals surface area (Å²) in [6.07, 6.45) is 11.8. The van der Waals surface area contributed by atoms with E-state index in [1.54, 1.807) is 24.2 Å². The molecule has 3 heterocycles. The van der Waals surface area contributed by atoms with Gasteiger partial charge in [0.15, 0.2) is 10.0 Å². The maximum atomic E-state index is 12.3. The Morgan fingerprint density at radius 2 is 2.12 bits per heavy atom. The Labute approximate surface area is 212 Å². The van der Waals surface area contributed by atoms with Gasteiger partial charge in [-0.2, -0.15) is 0 Å². The minimum Gasteiger partial charge on any atom is -0.476 e. The summed E-state index contributed by atoms with van der Waals surface area (Å²) < 4.78 is 0.691. The summed E-state index contributed by atoms with van der Waals surface area (Å²) in [4.78, 5) is 37.7. The normalized spacial score (nSPS) is 17.1. The minimum atomic E-state index is -1.03. The molecule has 34 heavy (non-hydrogen) atoms. The number of thiazole rings is 1. The van der Waals surface area contributed by atoms with Gasteiger partial charge >= 0.3 is 5.97 Å². The highest BCUT2D eigenvalue weighted by Gasteiger charge is 2.28. The van der Waals surface area contributed by atoms with Crippen LogP contribution in [0.4, 0.5) is 0 Å². The van der Waals surface area contributed by atoms with Crippen LogP contribution in [-0.2, 0) is 4.79 Å². The van der Waals surface area contributed by atoms with Crippen molar-refractivity contribution in [3.05, 3.63) is 41.3 Å². The van der Waals surface area contributed by atoms with Gasteiger partial charge in [-0.05, 0) is 31.9 Å². The largest absolute Gasteiger partial charge is 0.476 e. The van der Waals surface area contributed by atoms with Gasteiger partial charge in [-0.15, -0.1) is 23.1 Å². The zero-order chi connectivity index (χ0) is 24.3. The lowest BCUT2D eigenvalue weighted by molar-refractivity contribution is -0.128. The quantitative estimate of drug-likeness (QED) is 0.213. The summed E-state index contributed by atoms with van der Waals surface area (Å²) in [7, 11) is 0. The van der Waals surface area contributed by atoms with E-state index in [1.165, 1.54) is 28.5 Å². The number of aliphatic hydroxyl groups is 1. The average molecular weight is 523 g/mol. The van der Waals surface area contributed by atoms with Gasteiger partial charge < -0.3 is 15.1 Å². The molecule has 1 saturated heterocycles. The number of carbonyl (C=O) groups excluding carboxylic acids is 1. The fourth-order valence-corrected chi connectivity index (χ4v) is 6.28. The van der Waals surface area contributed by atoms with Gasteiger partial charge in [0, 0.05) is 30.3 Å². The molecule has 2 aromatic rings. The Morgan fingerprint density at radius 3 is 2.88 bits per heavy atom. The van der Waals surface area contributed by atoms with E-state index in [0.717, 1.165) is 42.2 Å². The van der Waals surface area contributed by atoms with Gasteiger partial charge in [-0.25, -0.2) is 14.8 Å². The summed E-state index contributed by atoms with van der Waals surface area (Å²) in [5, 5.41) is 21.8. The fraction of sp³-hybridized carbons (Fsp3) is 0.522. The smallest absolute Gasteiger partial charge is 0.355 e. The van der Waals surface area contributed by atoms with Crippen molar-refractivity contribution in [3.63, 3.8) is 0 Å². The van der Waals surface area contributed by atoms with E-state index < -0.39 is 12.1 Å². The van der Waals surface area contributed by atoms with Crippen LogP contribution in [0.25, 0.3) is 0 Å². The number of aryl methyl sites for hydroxylation is 1. The maximum Gasteiger partial charge on any atom is 0.355 e.